The minimum atomic E-state index is -0.760. The van der Waals surface area contributed by atoms with Gasteiger partial charge in [-0.05, 0) is 37.0 Å². The Hall–Kier alpha value is -1.36. The van der Waals surface area contributed by atoms with Crippen LogP contribution in [0.4, 0.5) is 0 Å². The van der Waals surface area contributed by atoms with E-state index < -0.39 is 5.97 Å². The number of benzene rings is 1. The number of aliphatic carboxylic acids is 1. The van der Waals surface area contributed by atoms with E-state index in [9.17, 15) is 9.59 Å². The molecule has 0 aliphatic heterocycles. The zero-order valence-corrected chi connectivity index (χ0v) is 12.0. The van der Waals surface area contributed by atoms with Gasteiger partial charge in [0.2, 0.25) is 5.91 Å². The smallest absolute Gasteiger partial charge is 0.306 e. The second-order valence-corrected chi connectivity index (χ2v) is 5.84. The standard InChI is InChI=1S/C14H16BrNO3/c15-11-3-1-2-9(6-11)7-13(17)16-12-5-4-10(8-12)14(18)19/h1-3,6,10,12H,4-5,7-8H2,(H,16,17)(H,18,19)/t10-,12+/m0/s1. The largest absolute Gasteiger partial charge is 0.481 e. The summed E-state index contributed by atoms with van der Waals surface area (Å²) in [4.78, 5) is 22.7. The Balaban J connectivity index is 1.84. The van der Waals surface area contributed by atoms with Gasteiger partial charge in [-0.15, -0.1) is 0 Å². The number of carbonyl (C=O) groups excluding carboxylic acids is 1. The molecule has 2 atom stereocenters. The van der Waals surface area contributed by atoms with E-state index in [1.165, 1.54) is 0 Å². The fourth-order valence-corrected chi connectivity index (χ4v) is 2.89. The summed E-state index contributed by atoms with van der Waals surface area (Å²) in [5.41, 5.74) is 0.944. The molecular formula is C14H16BrNO3. The molecule has 1 amide bonds. The number of carboxylic acids is 1. The van der Waals surface area contributed by atoms with Gasteiger partial charge in [-0.2, -0.15) is 0 Å². The molecule has 1 saturated carbocycles. The lowest BCUT2D eigenvalue weighted by atomic mass is 10.1. The van der Waals surface area contributed by atoms with Crippen LogP contribution < -0.4 is 5.32 Å². The summed E-state index contributed by atoms with van der Waals surface area (Å²) < 4.78 is 0.949. The zero-order valence-electron chi connectivity index (χ0n) is 10.4. The van der Waals surface area contributed by atoms with Crippen LogP contribution in [0.5, 0.6) is 0 Å². The van der Waals surface area contributed by atoms with Crippen molar-refractivity contribution in [1.29, 1.82) is 0 Å². The zero-order chi connectivity index (χ0) is 13.8. The van der Waals surface area contributed by atoms with Crippen LogP contribution in [0, 0.1) is 5.92 Å². The Morgan fingerprint density at radius 1 is 1.37 bits per heavy atom. The lowest BCUT2D eigenvalue weighted by Crippen LogP contribution is -2.34. The normalized spacial score (nSPS) is 22.2. The lowest BCUT2D eigenvalue weighted by molar-refractivity contribution is -0.141. The summed E-state index contributed by atoms with van der Waals surface area (Å²) in [5, 5.41) is 11.8. The molecule has 2 rings (SSSR count). The van der Waals surface area contributed by atoms with Crippen LogP contribution in [-0.4, -0.2) is 23.0 Å². The first-order valence-electron chi connectivity index (χ1n) is 6.31. The molecule has 0 radical (unpaired) electrons. The average Bonchev–Trinajstić information content (AvgIpc) is 2.77. The molecule has 1 aliphatic carbocycles. The van der Waals surface area contributed by atoms with E-state index in [1.807, 2.05) is 24.3 Å². The third kappa shape index (κ3) is 4.06. The second-order valence-electron chi connectivity index (χ2n) is 4.92. The van der Waals surface area contributed by atoms with E-state index in [-0.39, 0.29) is 17.9 Å². The van der Waals surface area contributed by atoms with E-state index in [2.05, 4.69) is 21.2 Å². The molecule has 1 aromatic rings. The first-order chi connectivity index (χ1) is 9.04. The molecule has 0 aromatic heterocycles. The molecule has 102 valence electrons. The van der Waals surface area contributed by atoms with Gasteiger partial charge in [0.25, 0.3) is 0 Å². The number of halogens is 1. The Kier molecular flexibility index (Phi) is 4.58. The van der Waals surface area contributed by atoms with Crippen LogP contribution in [-0.2, 0) is 16.0 Å². The highest BCUT2D eigenvalue weighted by atomic mass is 79.9. The molecule has 0 saturated heterocycles. The Labute approximate surface area is 120 Å². The molecule has 19 heavy (non-hydrogen) atoms. The van der Waals surface area contributed by atoms with Crippen molar-refractivity contribution in [2.45, 2.75) is 31.7 Å². The second kappa shape index (κ2) is 6.19. The summed E-state index contributed by atoms with van der Waals surface area (Å²) in [5.74, 6) is -1.12. The average molecular weight is 326 g/mol. The molecule has 1 aliphatic rings. The van der Waals surface area contributed by atoms with Crippen molar-refractivity contribution in [3.05, 3.63) is 34.3 Å². The van der Waals surface area contributed by atoms with Crippen molar-refractivity contribution in [1.82, 2.24) is 5.32 Å². The van der Waals surface area contributed by atoms with Gasteiger partial charge in [-0.1, -0.05) is 28.1 Å². The molecule has 5 heteroatoms. The first-order valence-corrected chi connectivity index (χ1v) is 7.10. The quantitative estimate of drug-likeness (QED) is 0.893. The third-order valence-corrected chi connectivity index (χ3v) is 3.89. The van der Waals surface area contributed by atoms with E-state index in [1.54, 1.807) is 0 Å². The maximum atomic E-state index is 11.9. The molecule has 1 aromatic carbocycles. The van der Waals surface area contributed by atoms with Crippen molar-refractivity contribution < 1.29 is 14.7 Å². The predicted molar refractivity (Wildman–Crippen MR) is 74.8 cm³/mol. The number of hydrogen-bond acceptors (Lipinski definition) is 2. The number of nitrogens with one attached hydrogen (secondary N) is 1. The fourth-order valence-electron chi connectivity index (χ4n) is 2.45. The maximum absolute atomic E-state index is 11.9. The lowest BCUT2D eigenvalue weighted by Gasteiger charge is -2.12. The molecule has 4 nitrogen and oxygen atoms in total. The van der Waals surface area contributed by atoms with E-state index in [4.69, 9.17) is 5.11 Å². The van der Waals surface area contributed by atoms with Crippen molar-refractivity contribution >= 4 is 27.8 Å². The molecule has 0 bridgehead atoms. The van der Waals surface area contributed by atoms with Gasteiger partial charge in [-0.25, -0.2) is 0 Å². The highest BCUT2D eigenvalue weighted by Gasteiger charge is 2.30. The molecule has 0 spiro atoms. The fraction of sp³-hybridized carbons (Fsp3) is 0.429. The number of rotatable bonds is 4. The molecule has 0 unspecified atom stereocenters. The highest BCUT2D eigenvalue weighted by Crippen LogP contribution is 2.25. The SMILES string of the molecule is O=C(Cc1cccc(Br)c1)N[C@@H]1CC[C@H](C(=O)O)C1. The molecule has 2 N–H and O–H groups in total. The van der Waals surface area contributed by atoms with Crippen molar-refractivity contribution in [3.63, 3.8) is 0 Å². The number of carbonyl (C=O) groups is 2. The predicted octanol–water partition coefficient (Wildman–Crippen LogP) is 2.36. The van der Waals surface area contributed by atoms with Crippen LogP contribution >= 0.6 is 15.9 Å². The summed E-state index contributed by atoms with van der Waals surface area (Å²) in [6.07, 6.45) is 2.27. The summed E-state index contributed by atoms with van der Waals surface area (Å²) in [6.45, 7) is 0. The van der Waals surface area contributed by atoms with Crippen LogP contribution in [0.25, 0.3) is 0 Å². The van der Waals surface area contributed by atoms with Gasteiger partial charge in [0, 0.05) is 10.5 Å². The Morgan fingerprint density at radius 2 is 2.16 bits per heavy atom. The van der Waals surface area contributed by atoms with Crippen molar-refractivity contribution in [2.24, 2.45) is 5.92 Å². The summed E-state index contributed by atoms with van der Waals surface area (Å²) in [7, 11) is 0. The van der Waals surface area contributed by atoms with Gasteiger partial charge >= 0.3 is 5.97 Å². The highest BCUT2D eigenvalue weighted by molar-refractivity contribution is 9.10. The minimum absolute atomic E-state index is 0.000697. The van der Waals surface area contributed by atoms with Crippen molar-refractivity contribution in [3.8, 4) is 0 Å². The van der Waals surface area contributed by atoms with Crippen LogP contribution in [0.1, 0.15) is 24.8 Å². The maximum Gasteiger partial charge on any atom is 0.306 e. The minimum Gasteiger partial charge on any atom is -0.481 e. The van der Waals surface area contributed by atoms with Crippen LogP contribution in [0.15, 0.2) is 28.7 Å². The van der Waals surface area contributed by atoms with Gasteiger partial charge in [-0.3, -0.25) is 9.59 Å². The Morgan fingerprint density at radius 3 is 2.79 bits per heavy atom. The van der Waals surface area contributed by atoms with Gasteiger partial charge in [0.15, 0.2) is 0 Å². The number of amides is 1. The van der Waals surface area contributed by atoms with E-state index in [0.717, 1.165) is 16.5 Å². The van der Waals surface area contributed by atoms with Gasteiger partial charge < -0.3 is 10.4 Å². The Bertz CT molecular complexity index is 489. The van der Waals surface area contributed by atoms with Crippen molar-refractivity contribution in [2.75, 3.05) is 0 Å². The van der Waals surface area contributed by atoms with Gasteiger partial charge in [0.1, 0.15) is 0 Å². The third-order valence-electron chi connectivity index (χ3n) is 3.40. The monoisotopic (exact) mass is 325 g/mol. The summed E-state index contributed by atoms with van der Waals surface area (Å²) >= 11 is 3.37. The molecule has 0 heterocycles. The topological polar surface area (TPSA) is 66.4 Å². The molecule has 1 fully saturated rings. The van der Waals surface area contributed by atoms with Crippen LogP contribution in [0.3, 0.4) is 0 Å². The summed E-state index contributed by atoms with van der Waals surface area (Å²) in [6, 6.07) is 7.62. The van der Waals surface area contributed by atoms with E-state index >= 15 is 0 Å². The van der Waals surface area contributed by atoms with Crippen LogP contribution in [0.2, 0.25) is 0 Å². The number of hydrogen-bond donors (Lipinski definition) is 2. The first kappa shape index (κ1) is 14.1. The van der Waals surface area contributed by atoms with E-state index in [0.29, 0.717) is 19.3 Å². The molecular weight excluding hydrogens is 310 g/mol. The number of carboxylic acid groups (broad SMARTS) is 1. The van der Waals surface area contributed by atoms with Gasteiger partial charge in [0.05, 0.1) is 12.3 Å².